The van der Waals surface area contributed by atoms with Gasteiger partial charge in [-0.05, 0) is 83.5 Å². The van der Waals surface area contributed by atoms with Gasteiger partial charge in [-0.2, -0.15) is 0 Å². The van der Waals surface area contributed by atoms with Crippen LogP contribution >= 0.6 is 11.6 Å². The molecule has 312 valence electrons. The minimum absolute atomic E-state index is 0.00784. The number of benzene rings is 3. The van der Waals surface area contributed by atoms with Crippen molar-refractivity contribution in [1.29, 1.82) is 0 Å². The van der Waals surface area contributed by atoms with E-state index in [0.29, 0.717) is 12.1 Å². The number of nitrogens with one attached hydrogen (secondary N) is 2. The Balaban J connectivity index is 1.68. The second kappa shape index (κ2) is 20.6. The third kappa shape index (κ3) is 11.8. The van der Waals surface area contributed by atoms with Crippen LogP contribution in [0.5, 0.6) is 5.75 Å². The van der Waals surface area contributed by atoms with Crippen LogP contribution in [0.4, 0.5) is 22.7 Å². The molecule has 2 N–H and O–H groups in total. The van der Waals surface area contributed by atoms with Gasteiger partial charge in [0.25, 0.3) is 15.9 Å². The van der Waals surface area contributed by atoms with E-state index < -0.39 is 31.5 Å². The van der Waals surface area contributed by atoms with Crippen LogP contribution in [0.15, 0.2) is 80.4 Å². The Labute approximate surface area is 345 Å². The number of sulfonamides is 2. The van der Waals surface area contributed by atoms with Crippen molar-refractivity contribution in [3.63, 3.8) is 0 Å². The lowest BCUT2D eigenvalue weighted by molar-refractivity contribution is -0.110. The van der Waals surface area contributed by atoms with Gasteiger partial charge in [0.05, 0.1) is 29.2 Å². The summed E-state index contributed by atoms with van der Waals surface area (Å²) in [6.07, 6.45) is 11.2. The lowest BCUT2D eigenvalue weighted by Gasteiger charge is -2.39. The van der Waals surface area contributed by atoms with Crippen molar-refractivity contribution >= 4 is 71.9 Å². The molecule has 0 spiro atoms. The fraction of sp³-hybridized carbons (Fsp3) is 0.500. The normalized spacial score (nSPS) is 14.2. The average Bonchev–Trinajstić information content (AvgIpc) is 3.16. The molecule has 12 nitrogen and oxygen atoms in total. The molecule has 1 amide bonds. The van der Waals surface area contributed by atoms with Gasteiger partial charge in [-0.15, -0.1) is 0 Å². The maximum absolute atomic E-state index is 14.6. The number of para-hydroxylation sites is 1. The number of amides is 1. The number of carbonyl (C=O) groups excluding carboxylic acids is 1. The highest BCUT2D eigenvalue weighted by Gasteiger charge is 2.44. The number of unbranched alkanes of at least 4 members (excludes halogenated alkanes) is 9. The summed E-state index contributed by atoms with van der Waals surface area (Å²) in [4.78, 5) is 25.9. The largest absolute Gasteiger partial charge is 0.495 e. The number of methoxy groups -OCH3 is 1. The van der Waals surface area contributed by atoms with Crippen LogP contribution in [-0.4, -0.2) is 70.9 Å². The molecule has 3 aromatic carbocycles. The number of aliphatic imine (C=N–C) groups is 2. The zero-order valence-electron chi connectivity index (χ0n) is 34.4. The standard InChI is InChI=1S/C42H59ClN6O6S2/c1-8-11-12-13-14-15-16-17-18-21-28-44-56(51,52)38-30-35(36(55-7)29-33(38)43)47-41(50)39(45-31-24-26-32(27-25-31)48(9-2)10-3)40-46-34-22-19-20-23-37(34)57(53,54)49(40)42(4,5)6/h19-20,22-27,29-30,44H,8-18,21,28H2,1-7H3,(H,47,50)/b45-39-. The van der Waals surface area contributed by atoms with Crippen molar-refractivity contribution in [2.24, 2.45) is 9.98 Å². The molecule has 15 heteroatoms. The van der Waals surface area contributed by atoms with Crippen molar-refractivity contribution < 1.29 is 26.4 Å². The van der Waals surface area contributed by atoms with Crippen molar-refractivity contribution in [1.82, 2.24) is 9.03 Å². The lowest BCUT2D eigenvalue weighted by atomic mass is 10.1. The van der Waals surface area contributed by atoms with Crippen molar-refractivity contribution in [2.75, 3.05) is 37.0 Å². The van der Waals surface area contributed by atoms with Gasteiger partial charge in [0.2, 0.25) is 10.0 Å². The molecule has 0 saturated carbocycles. The fourth-order valence-corrected chi connectivity index (χ4v) is 10.2. The van der Waals surface area contributed by atoms with Crippen LogP contribution < -0.4 is 19.7 Å². The Morgan fingerprint density at radius 2 is 1.49 bits per heavy atom. The topological polar surface area (TPSA) is 150 Å². The van der Waals surface area contributed by atoms with E-state index in [9.17, 15) is 21.6 Å². The highest BCUT2D eigenvalue weighted by Crippen LogP contribution is 2.38. The van der Waals surface area contributed by atoms with Crippen LogP contribution in [0.2, 0.25) is 5.02 Å². The Bertz CT molecular complexity index is 2110. The molecule has 3 aromatic rings. The van der Waals surface area contributed by atoms with Crippen molar-refractivity contribution in [3.05, 3.63) is 65.7 Å². The van der Waals surface area contributed by atoms with Crippen LogP contribution in [0, 0.1) is 0 Å². The van der Waals surface area contributed by atoms with E-state index in [1.54, 1.807) is 51.1 Å². The summed E-state index contributed by atoms with van der Waals surface area (Å²) in [5.74, 6) is -0.973. The van der Waals surface area contributed by atoms with Crippen molar-refractivity contribution in [3.8, 4) is 5.75 Å². The van der Waals surface area contributed by atoms with Gasteiger partial charge in [0, 0.05) is 36.9 Å². The second-order valence-corrected chi connectivity index (χ2v) is 18.9. The quantitative estimate of drug-likeness (QED) is 0.0801. The van der Waals surface area contributed by atoms with E-state index in [1.807, 2.05) is 12.1 Å². The summed E-state index contributed by atoms with van der Waals surface area (Å²) in [6.45, 7) is 13.2. The minimum atomic E-state index is -4.22. The Kier molecular flexibility index (Phi) is 16.5. The van der Waals surface area contributed by atoms with E-state index in [2.05, 4.69) is 35.7 Å². The Morgan fingerprint density at radius 3 is 2.07 bits per heavy atom. The number of anilines is 2. The fourth-order valence-electron chi connectivity index (χ4n) is 6.71. The third-order valence-electron chi connectivity index (χ3n) is 9.67. The van der Waals surface area contributed by atoms with Gasteiger partial charge < -0.3 is 15.0 Å². The first-order chi connectivity index (χ1) is 27.1. The SMILES string of the molecule is CCCCCCCCCCCCNS(=O)(=O)c1cc(NC(=O)/C(=N\c2ccc(N(CC)CC)cc2)C2=Nc3ccccc3S(=O)(=O)N2C(C)(C)C)c(OC)cc1Cl. The first-order valence-electron chi connectivity index (χ1n) is 19.9. The smallest absolute Gasteiger partial charge is 0.278 e. The van der Waals surface area contributed by atoms with E-state index >= 15 is 0 Å². The van der Waals surface area contributed by atoms with Gasteiger partial charge in [-0.3, -0.25) is 4.79 Å². The molecule has 0 bridgehead atoms. The zero-order chi connectivity index (χ0) is 41.8. The first kappa shape index (κ1) is 45.7. The van der Waals surface area contributed by atoms with E-state index in [0.717, 1.165) is 42.3 Å². The van der Waals surface area contributed by atoms with Gasteiger partial charge >= 0.3 is 0 Å². The van der Waals surface area contributed by atoms with Crippen LogP contribution in [0.1, 0.15) is 106 Å². The van der Waals surface area contributed by atoms with E-state index in [-0.39, 0.29) is 50.0 Å². The van der Waals surface area contributed by atoms with Crippen LogP contribution in [0.25, 0.3) is 0 Å². The number of hydrogen-bond acceptors (Lipinski definition) is 9. The van der Waals surface area contributed by atoms with E-state index in [1.165, 1.54) is 63.8 Å². The molecule has 57 heavy (non-hydrogen) atoms. The van der Waals surface area contributed by atoms with Crippen molar-refractivity contribution in [2.45, 2.75) is 121 Å². The van der Waals surface area contributed by atoms with Crippen LogP contribution in [0.3, 0.4) is 0 Å². The Hall–Kier alpha value is -3.98. The minimum Gasteiger partial charge on any atom is -0.495 e. The molecular weight excluding hydrogens is 784 g/mol. The number of carbonyl (C=O) groups is 1. The number of fused-ring (bicyclic) bond motifs is 1. The average molecular weight is 844 g/mol. The highest BCUT2D eigenvalue weighted by atomic mass is 35.5. The van der Waals surface area contributed by atoms with Gasteiger partial charge in [0.1, 0.15) is 15.5 Å². The number of hydrogen-bond donors (Lipinski definition) is 2. The van der Waals surface area contributed by atoms with Gasteiger partial charge in [0.15, 0.2) is 11.5 Å². The summed E-state index contributed by atoms with van der Waals surface area (Å²) in [7, 11) is -6.96. The molecular formula is C42H59ClN6O6S2. The first-order valence-corrected chi connectivity index (χ1v) is 23.2. The molecule has 1 heterocycles. The second-order valence-electron chi connectivity index (χ2n) is 15.0. The number of ether oxygens (including phenoxy) is 1. The summed E-state index contributed by atoms with van der Waals surface area (Å²) in [5, 5.41) is 2.65. The van der Waals surface area contributed by atoms with Gasteiger partial charge in [-0.1, -0.05) is 88.4 Å². The highest BCUT2D eigenvalue weighted by molar-refractivity contribution is 7.90. The van der Waals surface area contributed by atoms with Gasteiger partial charge in [-0.25, -0.2) is 35.8 Å². The van der Waals surface area contributed by atoms with Crippen LogP contribution in [-0.2, 0) is 24.8 Å². The summed E-state index contributed by atoms with van der Waals surface area (Å²) >= 11 is 6.51. The predicted molar refractivity (Wildman–Crippen MR) is 233 cm³/mol. The van der Waals surface area contributed by atoms with E-state index in [4.69, 9.17) is 26.3 Å². The molecule has 1 aliphatic rings. The summed E-state index contributed by atoms with van der Waals surface area (Å²) in [6, 6.07) is 16.1. The zero-order valence-corrected chi connectivity index (χ0v) is 36.8. The molecule has 0 saturated heterocycles. The molecule has 1 aliphatic heterocycles. The molecule has 0 aliphatic carbocycles. The molecule has 0 radical (unpaired) electrons. The number of nitrogens with zero attached hydrogens (tertiary/aromatic N) is 4. The third-order valence-corrected chi connectivity index (χ3v) is 13.7. The molecule has 0 fully saturated rings. The number of halogens is 1. The number of rotatable bonds is 21. The molecule has 4 rings (SSSR count). The molecule has 0 aromatic heterocycles. The maximum atomic E-state index is 14.6. The summed E-state index contributed by atoms with van der Waals surface area (Å²) in [5.41, 5.74) is 0.0478. The maximum Gasteiger partial charge on any atom is 0.278 e. The Morgan fingerprint density at radius 1 is 0.895 bits per heavy atom. The predicted octanol–water partition coefficient (Wildman–Crippen LogP) is 9.64. The lowest BCUT2D eigenvalue weighted by Crippen LogP contribution is -2.54. The monoisotopic (exact) mass is 842 g/mol. The summed E-state index contributed by atoms with van der Waals surface area (Å²) < 4.78 is 64.9. The molecule has 0 unspecified atom stereocenters. The molecule has 0 atom stereocenters. The number of amidine groups is 1.